The van der Waals surface area contributed by atoms with Crippen molar-refractivity contribution in [1.29, 1.82) is 0 Å². The molecule has 2 saturated heterocycles. The van der Waals surface area contributed by atoms with Crippen LogP contribution in [-0.2, 0) is 9.59 Å². The maximum Gasteiger partial charge on any atom is 0.415 e. The highest BCUT2D eigenvalue weighted by molar-refractivity contribution is 6.33. The van der Waals surface area contributed by atoms with Crippen LogP contribution in [0, 0.1) is 6.92 Å². The van der Waals surface area contributed by atoms with Gasteiger partial charge in [-0.2, -0.15) is 0 Å². The number of halogens is 1. The van der Waals surface area contributed by atoms with Gasteiger partial charge in [-0.25, -0.2) is 14.4 Å². The maximum absolute atomic E-state index is 12.7. The predicted octanol–water partition coefficient (Wildman–Crippen LogP) is 3.43. The number of likely N-dealkylation sites (N-methyl/N-ethyl adjacent to an activating group) is 1. The number of hydrogen-bond acceptors (Lipinski definition) is 7. The Hall–Kier alpha value is -3.76. The van der Waals surface area contributed by atoms with Crippen LogP contribution >= 0.6 is 11.6 Å². The van der Waals surface area contributed by atoms with Gasteiger partial charge >= 0.3 is 18.0 Å². The molecule has 2 aromatic rings. The van der Waals surface area contributed by atoms with Crippen molar-refractivity contribution in [3.05, 3.63) is 65.2 Å². The van der Waals surface area contributed by atoms with Gasteiger partial charge in [-0.05, 0) is 37.7 Å². The molecule has 0 saturated carbocycles. The van der Waals surface area contributed by atoms with Gasteiger partial charge in [-0.1, -0.05) is 29.8 Å². The van der Waals surface area contributed by atoms with Gasteiger partial charge in [0.2, 0.25) is 0 Å². The van der Waals surface area contributed by atoms with Gasteiger partial charge in [0.25, 0.3) is 0 Å². The third kappa shape index (κ3) is 8.39. The van der Waals surface area contributed by atoms with Gasteiger partial charge in [0.1, 0.15) is 5.75 Å². The van der Waals surface area contributed by atoms with Crippen molar-refractivity contribution in [3.63, 3.8) is 0 Å². The summed E-state index contributed by atoms with van der Waals surface area (Å²) < 4.78 is 5.70. The molecule has 38 heavy (non-hydrogen) atoms. The topological polar surface area (TPSA) is 114 Å². The molecule has 0 aliphatic carbocycles. The third-order valence-corrected chi connectivity index (χ3v) is 6.65. The van der Waals surface area contributed by atoms with E-state index in [1.807, 2.05) is 12.1 Å². The summed E-state index contributed by atoms with van der Waals surface area (Å²) in [7, 11) is 2.12. The van der Waals surface area contributed by atoms with Gasteiger partial charge in [0.05, 0.1) is 10.7 Å². The first-order chi connectivity index (χ1) is 18.1. The number of aliphatic carboxylic acids is 2. The van der Waals surface area contributed by atoms with E-state index >= 15 is 0 Å². The number of para-hydroxylation sites is 1. The lowest BCUT2D eigenvalue weighted by Gasteiger charge is -2.36. The summed E-state index contributed by atoms with van der Waals surface area (Å²) in [5.41, 5.74) is 3.42. The average molecular weight is 545 g/mol. The number of anilines is 2. The van der Waals surface area contributed by atoms with E-state index in [1.54, 1.807) is 11.0 Å². The van der Waals surface area contributed by atoms with Crippen LogP contribution in [0.25, 0.3) is 0 Å². The van der Waals surface area contributed by atoms with Crippen molar-refractivity contribution in [2.75, 3.05) is 69.2 Å². The summed E-state index contributed by atoms with van der Waals surface area (Å²) >= 11 is 6.43. The van der Waals surface area contributed by atoms with E-state index in [0.29, 0.717) is 36.0 Å². The van der Waals surface area contributed by atoms with Gasteiger partial charge in [-0.3, -0.25) is 0 Å². The Morgan fingerprint density at radius 3 is 1.95 bits per heavy atom. The van der Waals surface area contributed by atoms with Crippen molar-refractivity contribution in [3.8, 4) is 5.75 Å². The Morgan fingerprint density at radius 1 is 0.816 bits per heavy atom. The van der Waals surface area contributed by atoms with Gasteiger partial charge in [0, 0.05) is 76.3 Å². The number of hydrogen-bond donors (Lipinski definition) is 2. The number of carboxylic acids is 2. The van der Waals surface area contributed by atoms with Gasteiger partial charge in [-0.15, -0.1) is 0 Å². The zero-order valence-electron chi connectivity index (χ0n) is 21.5. The summed E-state index contributed by atoms with van der Waals surface area (Å²) in [5, 5.41) is 16.3. The normalized spacial score (nSPS) is 16.1. The molecule has 2 fully saturated rings. The van der Waals surface area contributed by atoms with E-state index in [0.717, 1.165) is 45.0 Å². The minimum absolute atomic E-state index is 0.300. The molecule has 204 valence electrons. The average Bonchev–Trinajstić information content (AvgIpc) is 2.90. The summed E-state index contributed by atoms with van der Waals surface area (Å²) in [5.74, 6) is -1.97. The van der Waals surface area contributed by atoms with E-state index in [-0.39, 0.29) is 6.09 Å². The van der Waals surface area contributed by atoms with Crippen molar-refractivity contribution in [2.45, 2.75) is 6.92 Å². The second-order valence-electron chi connectivity index (χ2n) is 9.04. The lowest BCUT2D eigenvalue weighted by atomic mass is 10.1. The lowest BCUT2D eigenvalue weighted by Crippen LogP contribution is -2.49. The van der Waals surface area contributed by atoms with Crippen molar-refractivity contribution >= 4 is 41.0 Å². The predicted molar refractivity (Wildman–Crippen MR) is 147 cm³/mol. The number of amides is 1. The van der Waals surface area contributed by atoms with E-state index in [1.165, 1.54) is 11.3 Å². The van der Waals surface area contributed by atoms with E-state index in [4.69, 9.17) is 26.6 Å². The molecule has 10 nitrogen and oxygen atoms in total. The molecule has 2 aromatic carbocycles. The molecule has 2 aliphatic heterocycles. The Morgan fingerprint density at radius 2 is 1.37 bits per heavy atom. The fraction of sp³-hybridized carbons (Fsp3) is 0.370. The molecule has 4 rings (SSSR count). The highest BCUT2D eigenvalue weighted by Crippen LogP contribution is 2.31. The maximum atomic E-state index is 12.7. The highest BCUT2D eigenvalue weighted by atomic mass is 35.5. The van der Waals surface area contributed by atoms with Crippen LogP contribution in [0.3, 0.4) is 0 Å². The summed E-state index contributed by atoms with van der Waals surface area (Å²) in [6.45, 7) is 8.81. The molecule has 11 heteroatoms. The Labute approximate surface area is 227 Å². The first-order valence-corrected chi connectivity index (χ1v) is 12.7. The summed E-state index contributed by atoms with van der Waals surface area (Å²) in [6, 6.07) is 13.8. The van der Waals surface area contributed by atoms with Crippen molar-refractivity contribution in [2.24, 2.45) is 0 Å². The van der Waals surface area contributed by atoms with Crippen LogP contribution in [0.2, 0.25) is 5.02 Å². The van der Waals surface area contributed by atoms with E-state index in [9.17, 15) is 14.4 Å². The summed E-state index contributed by atoms with van der Waals surface area (Å²) in [6.07, 6.45) is 0.816. The van der Waals surface area contributed by atoms with Crippen LogP contribution < -0.4 is 14.5 Å². The largest absolute Gasteiger partial charge is 0.478 e. The Bertz CT molecular complexity index is 1140. The van der Waals surface area contributed by atoms with Crippen LogP contribution in [-0.4, -0.2) is 97.5 Å². The molecule has 0 spiro atoms. The number of ether oxygens (including phenoxy) is 1. The molecule has 2 aliphatic rings. The minimum Gasteiger partial charge on any atom is -0.478 e. The third-order valence-electron chi connectivity index (χ3n) is 6.33. The Balaban J connectivity index is 0.000000436. The number of benzene rings is 2. The van der Waals surface area contributed by atoms with Crippen molar-refractivity contribution < 1.29 is 29.3 Å². The number of rotatable bonds is 5. The van der Waals surface area contributed by atoms with Gasteiger partial charge in [0.15, 0.2) is 0 Å². The SMILES string of the molecule is Cc1ccccc1N1CCN(C(=O)Oc2ccc(Cl)c(N3CCN(C)CC3)c2)CC1.O=C(O)/C=C/C(=O)O. The van der Waals surface area contributed by atoms with E-state index in [2.05, 4.69) is 52.9 Å². The second-order valence-corrected chi connectivity index (χ2v) is 9.45. The standard InChI is InChI=1S/C23H29ClN4O2.C4H4O4/c1-18-5-3-4-6-21(18)26-13-15-28(16-14-26)23(29)30-19-7-8-20(24)22(17-19)27-11-9-25(2)10-12-27;5-3(6)1-2-4(7)8/h3-8,17H,9-16H2,1-2H3;1-2H,(H,5,6)(H,7,8)/b;2-1+. The number of piperazine rings is 2. The van der Waals surface area contributed by atoms with Crippen LogP contribution in [0.1, 0.15) is 5.56 Å². The first kappa shape index (κ1) is 28.8. The fourth-order valence-corrected chi connectivity index (χ4v) is 4.44. The number of carbonyl (C=O) groups is 3. The highest BCUT2D eigenvalue weighted by Gasteiger charge is 2.24. The monoisotopic (exact) mass is 544 g/mol. The molecule has 2 heterocycles. The van der Waals surface area contributed by atoms with Crippen molar-refractivity contribution in [1.82, 2.24) is 9.80 Å². The second kappa shape index (κ2) is 13.7. The molecule has 0 aromatic heterocycles. The molecule has 0 atom stereocenters. The summed E-state index contributed by atoms with van der Waals surface area (Å²) in [4.78, 5) is 40.5. The number of nitrogens with zero attached hydrogens (tertiary/aromatic N) is 4. The molecular weight excluding hydrogens is 512 g/mol. The van der Waals surface area contributed by atoms with Crippen LogP contribution in [0.4, 0.5) is 16.2 Å². The smallest absolute Gasteiger partial charge is 0.415 e. The van der Waals surface area contributed by atoms with Crippen LogP contribution in [0.15, 0.2) is 54.6 Å². The molecule has 0 radical (unpaired) electrons. The number of aryl methyl sites for hydroxylation is 1. The first-order valence-electron chi connectivity index (χ1n) is 12.3. The fourth-order valence-electron chi connectivity index (χ4n) is 4.20. The zero-order valence-corrected chi connectivity index (χ0v) is 22.3. The van der Waals surface area contributed by atoms with Gasteiger partial charge < -0.3 is 34.5 Å². The molecule has 0 unspecified atom stereocenters. The minimum atomic E-state index is -1.26. The number of carbonyl (C=O) groups excluding carboxylic acids is 1. The molecule has 0 bridgehead atoms. The quantitative estimate of drug-likeness (QED) is 0.546. The molecule has 2 N–H and O–H groups in total. The van der Waals surface area contributed by atoms with Crippen LogP contribution in [0.5, 0.6) is 5.75 Å². The zero-order chi connectivity index (χ0) is 27.7. The molecular formula is C27H33ClN4O6. The lowest BCUT2D eigenvalue weighted by molar-refractivity contribution is -0.134. The Kier molecular flexibility index (Phi) is 10.4. The van der Waals surface area contributed by atoms with E-state index < -0.39 is 11.9 Å². The molecule has 1 amide bonds. The number of carboxylic acid groups (broad SMARTS) is 2.